The molecule has 2 aromatic carbocycles. The van der Waals surface area contributed by atoms with Crippen LogP contribution in [0.2, 0.25) is 0 Å². The molecule has 7 nitrogen and oxygen atoms in total. The van der Waals surface area contributed by atoms with Gasteiger partial charge < -0.3 is 9.84 Å². The fourth-order valence-corrected chi connectivity index (χ4v) is 3.97. The molecule has 2 aliphatic rings. The highest BCUT2D eigenvalue weighted by molar-refractivity contribution is 6.06. The van der Waals surface area contributed by atoms with E-state index in [1.807, 2.05) is 36.4 Å². The second kappa shape index (κ2) is 8.03. The minimum Gasteiger partial charge on any atom is -0.465 e. The molecule has 0 spiro atoms. The molecular weight excluding hydrogens is 401 g/mol. The van der Waals surface area contributed by atoms with Crippen molar-refractivity contribution in [3.8, 4) is 0 Å². The van der Waals surface area contributed by atoms with Crippen molar-refractivity contribution in [3.05, 3.63) is 66.0 Å². The second-order valence-corrected chi connectivity index (χ2v) is 7.99. The van der Waals surface area contributed by atoms with Gasteiger partial charge in [0.25, 0.3) is 0 Å². The fraction of sp³-hybridized carbons (Fsp3) is 0.304. The normalized spacial score (nSPS) is 20.8. The third kappa shape index (κ3) is 4.11. The van der Waals surface area contributed by atoms with Crippen LogP contribution in [0, 0.1) is 5.82 Å². The number of anilines is 2. The van der Waals surface area contributed by atoms with Crippen molar-refractivity contribution in [2.45, 2.75) is 25.6 Å². The Morgan fingerprint density at radius 3 is 2.16 bits per heavy atom. The molecule has 162 valence electrons. The summed E-state index contributed by atoms with van der Waals surface area (Å²) in [6.07, 6.45) is 2.65. The minimum atomic E-state index is -1.02. The molecule has 0 aliphatic carbocycles. The number of carboxylic acid groups (broad SMARTS) is 1. The summed E-state index contributed by atoms with van der Waals surface area (Å²) in [7, 11) is 0. The van der Waals surface area contributed by atoms with Crippen LogP contribution in [-0.4, -0.2) is 53.6 Å². The monoisotopic (exact) mass is 425 g/mol. The smallest absolute Gasteiger partial charge is 0.410 e. The van der Waals surface area contributed by atoms with Crippen molar-refractivity contribution >= 4 is 29.6 Å². The van der Waals surface area contributed by atoms with Gasteiger partial charge in [0.2, 0.25) is 0 Å². The van der Waals surface area contributed by atoms with Crippen LogP contribution < -0.4 is 9.80 Å². The predicted octanol–water partition coefficient (Wildman–Crippen LogP) is 4.40. The third-order valence-corrected chi connectivity index (χ3v) is 5.59. The highest BCUT2D eigenvalue weighted by atomic mass is 19.1. The van der Waals surface area contributed by atoms with E-state index in [0.29, 0.717) is 25.4 Å². The number of urea groups is 1. The van der Waals surface area contributed by atoms with Crippen LogP contribution >= 0.6 is 0 Å². The maximum absolute atomic E-state index is 13.2. The first-order valence-electron chi connectivity index (χ1n) is 10.1. The SMILES string of the molecule is CC1(C)OC[C@H](/C=C/c2ccc(N3CCN(c4ccc(F)cc4)C3=O)cc2)N1C(=O)O. The molecule has 2 aliphatic heterocycles. The standard InChI is InChI=1S/C23H24FN3O4/c1-23(2)27(22(29)30)20(15-31-23)10-5-16-3-8-18(9-4-16)25-13-14-26(21(25)28)19-11-6-17(24)7-12-19/h3-12,20H,13-15H2,1-2H3,(H,29,30)/b10-5+/t20-/m0/s1. The number of amides is 3. The largest absolute Gasteiger partial charge is 0.465 e. The maximum atomic E-state index is 13.2. The van der Waals surface area contributed by atoms with Gasteiger partial charge in [0.1, 0.15) is 11.5 Å². The van der Waals surface area contributed by atoms with Crippen LogP contribution in [0.15, 0.2) is 54.6 Å². The molecule has 1 N–H and O–H groups in total. The Morgan fingerprint density at radius 2 is 1.61 bits per heavy atom. The van der Waals surface area contributed by atoms with Gasteiger partial charge in [-0.25, -0.2) is 14.0 Å². The van der Waals surface area contributed by atoms with Crippen LogP contribution in [0.1, 0.15) is 19.4 Å². The Bertz CT molecular complexity index is 1000. The van der Waals surface area contributed by atoms with E-state index in [0.717, 1.165) is 11.3 Å². The van der Waals surface area contributed by atoms with Gasteiger partial charge in [-0.15, -0.1) is 0 Å². The molecule has 2 aromatic rings. The number of hydrogen-bond donors (Lipinski definition) is 1. The van der Waals surface area contributed by atoms with Gasteiger partial charge in [0, 0.05) is 24.5 Å². The number of rotatable bonds is 4. The fourth-order valence-electron chi connectivity index (χ4n) is 3.97. The average Bonchev–Trinajstić information content (AvgIpc) is 3.26. The van der Waals surface area contributed by atoms with E-state index in [-0.39, 0.29) is 17.9 Å². The van der Waals surface area contributed by atoms with Gasteiger partial charge in [-0.1, -0.05) is 24.3 Å². The Morgan fingerprint density at radius 1 is 1.06 bits per heavy atom. The van der Waals surface area contributed by atoms with Gasteiger partial charge in [0.05, 0.1) is 12.6 Å². The Hall–Kier alpha value is -3.39. The molecule has 2 heterocycles. The predicted molar refractivity (Wildman–Crippen MR) is 116 cm³/mol. The number of benzene rings is 2. The molecule has 2 fully saturated rings. The zero-order valence-electron chi connectivity index (χ0n) is 17.4. The summed E-state index contributed by atoms with van der Waals surface area (Å²) in [6.45, 7) is 4.82. The second-order valence-electron chi connectivity index (χ2n) is 7.99. The van der Waals surface area contributed by atoms with E-state index >= 15 is 0 Å². The minimum absolute atomic E-state index is 0.155. The van der Waals surface area contributed by atoms with E-state index in [9.17, 15) is 19.1 Å². The molecule has 2 saturated heterocycles. The molecule has 1 atom stereocenters. The molecule has 3 amide bonds. The summed E-state index contributed by atoms with van der Waals surface area (Å²) in [5.41, 5.74) is 1.46. The van der Waals surface area contributed by atoms with Gasteiger partial charge >= 0.3 is 12.1 Å². The average molecular weight is 425 g/mol. The summed E-state index contributed by atoms with van der Waals surface area (Å²) < 4.78 is 18.7. The van der Waals surface area contributed by atoms with Gasteiger partial charge in [-0.05, 0) is 55.8 Å². The third-order valence-electron chi connectivity index (χ3n) is 5.59. The van der Waals surface area contributed by atoms with Crippen molar-refractivity contribution in [2.24, 2.45) is 0 Å². The lowest BCUT2D eigenvalue weighted by Gasteiger charge is -2.29. The van der Waals surface area contributed by atoms with Crippen LogP contribution in [0.3, 0.4) is 0 Å². The highest BCUT2D eigenvalue weighted by Crippen LogP contribution is 2.29. The molecule has 0 saturated carbocycles. The van der Waals surface area contributed by atoms with Gasteiger partial charge in [-0.2, -0.15) is 0 Å². The Balaban J connectivity index is 1.44. The number of halogens is 1. The topological polar surface area (TPSA) is 73.3 Å². The molecule has 4 rings (SSSR count). The first kappa shape index (κ1) is 20.9. The lowest BCUT2D eigenvalue weighted by molar-refractivity contribution is -0.0409. The Kier molecular flexibility index (Phi) is 5.41. The summed E-state index contributed by atoms with van der Waals surface area (Å²) in [5.74, 6) is -0.338. The van der Waals surface area contributed by atoms with Crippen LogP contribution in [0.25, 0.3) is 6.08 Å². The number of nitrogens with zero attached hydrogens (tertiary/aromatic N) is 3. The van der Waals surface area contributed by atoms with E-state index < -0.39 is 11.8 Å². The van der Waals surface area contributed by atoms with E-state index in [2.05, 4.69) is 0 Å². The summed E-state index contributed by atoms with van der Waals surface area (Å²) in [6, 6.07) is 12.8. The Labute approximate surface area is 179 Å². The van der Waals surface area contributed by atoms with Crippen molar-refractivity contribution in [3.63, 3.8) is 0 Å². The molecule has 31 heavy (non-hydrogen) atoms. The van der Waals surface area contributed by atoms with Crippen LogP contribution in [0.5, 0.6) is 0 Å². The molecule has 0 aromatic heterocycles. The van der Waals surface area contributed by atoms with Crippen LogP contribution in [-0.2, 0) is 4.74 Å². The van der Waals surface area contributed by atoms with Crippen molar-refractivity contribution < 1.29 is 23.8 Å². The quantitative estimate of drug-likeness (QED) is 0.788. The van der Waals surface area contributed by atoms with Crippen LogP contribution in [0.4, 0.5) is 25.4 Å². The number of carbonyl (C=O) groups is 2. The summed E-state index contributed by atoms with van der Waals surface area (Å²) in [5, 5.41) is 9.47. The van der Waals surface area contributed by atoms with E-state index in [1.54, 1.807) is 35.8 Å². The molecular formula is C23H24FN3O4. The lowest BCUT2D eigenvalue weighted by atomic mass is 10.1. The zero-order valence-corrected chi connectivity index (χ0v) is 17.4. The number of ether oxygens (including phenoxy) is 1. The summed E-state index contributed by atoms with van der Waals surface area (Å²) in [4.78, 5) is 29.0. The maximum Gasteiger partial charge on any atom is 0.410 e. The van der Waals surface area contributed by atoms with Crippen molar-refractivity contribution in [2.75, 3.05) is 29.5 Å². The lowest BCUT2D eigenvalue weighted by Crippen LogP contribution is -2.46. The molecule has 0 unspecified atom stereocenters. The van der Waals surface area contributed by atoms with E-state index in [4.69, 9.17) is 4.74 Å². The molecule has 0 radical (unpaired) electrons. The van der Waals surface area contributed by atoms with E-state index in [1.165, 1.54) is 17.0 Å². The van der Waals surface area contributed by atoms with Gasteiger partial charge in [0.15, 0.2) is 0 Å². The highest BCUT2D eigenvalue weighted by Gasteiger charge is 2.42. The van der Waals surface area contributed by atoms with Gasteiger partial charge in [-0.3, -0.25) is 14.7 Å². The number of hydrogen-bond acceptors (Lipinski definition) is 3. The molecule has 0 bridgehead atoms. The molecule has 8 heteroatoms. The summed E-state index contributed by atoms with van der Waals surface area (Å²) >= 11 is 0. The first-order chi connectivity index (χ1) is 14.8. The first-order valence-corrected chi connectivity index (χ1v) is 10.1. The van der Waals surface area contributed by atoms with Crippen molar-refractivity contribution in [1.29, 1.82) is 0 Å². The van der Waals surface area contributed by atoms with Crippen molar-refractivity contribution in [1.82, 2.24) is 4.90 Å². The number of carbonyl (C=O) groups excluding carboxylic acids is 1. The zero-order chi connectivity index (χ0) is 22.2.